The molecule has 0 aromatic carbocycles. The van der Waals surface area contributed by atoms with Gasteiger partial charge in [-0.25, -0.2) is 4.98 Å². The molecule has 0 bridgehead atoms. The Hall–Kier alpha value is -0.870. The highest BCUT2D eigenvalue weighted by Gasteiger charge is 2.34. The van der Waals surface area contributed by atoms with E-state index in [-0.39, 0.29) is 0 Å². The molecule has 0 saturated carbocycles. The molecule has 4 unspecified atom stereocenters. The van der Waals surface area contributed by atoms with E-state index in [0.717, 1.165) is 6.04 Å². The first kappa shape index (κ1) is 13.8. The van der Waals surface area contributed by atoms with E-state index in [1.807, 2.05) is 0 Å². The topological polar surface area (TPSA) is 33.1 Å². The van der Waals surface area contributed by atoms with E-state index in [4.69, 9.17) is 0 Å². The maximum Gasteiger partial charge on any atom is 0.0951 e. The summed E-state index contributed by atoms with van der Waals surface area (Å²) in [6, 6.07) is 2.65. The molecule has 4 heteroatoms. The van der Waals surface area contributed by atoms with Crippen LogP contribution in [0.1, 0.15) is 69.6 Å². The van der Waals surface area contributed by atoms with Crippen molar-refractivity contribution in [2.45, 2.75) is 76.0 Å². The maximum atomic E-state index is 4.49. The second-order valence-electron chi connectivity index (χ2n) is 7.29. The van der Waals surface area contributed by atoms with Crippen LogP contribution in [0.15, 0.2) is 12.5 Å². The van der Waals surface area contributed by atoms with Gasteiger partial charge < -0.3 is 14.8 Å². The molecule has 3 fully saturated rings. The summed E-state index contributed by atoms with van der Waals surface area (Å²) < 4.78 is 2.51. The van der Waals surface area contributed by atoms with Crippen molar-refractivity contribution in [3.8, 4) is 0 Å². The fraction of sp³-hybridized carbons (Fsp3) is 0.824. The average Bonchev–Trinajstić information content (AvgIpc) is 3.15. The molecule has 4 heterocycles. The number of hydrogen-bond acceptors (Lipinski definition) is 3. The molecule has 4 nitrogen and oxygen atoms in total. The SMILES string of the molecule is CC1CCCC(c2cncn2C2CCN3CCCC3C2)N1. The molecule has 0 amide bonds. The molecule has 1 aromatic rings. The number of fused-ring (bicyclic) bond motifs is 1. The predicted molar refractivity (Wildman–Crippen MR) is 84.3 cm³/mol. The van der Waals surface area contributed by atoms with E-state index < -0.39 is 0 Å². The molecule has 0 spiro atoms. The number of rotatable bonds is 2. The number of nitrogens with zero attached hydrogens (tertiary/aromatic N) is 3. The zero-order chi connectivity index (χ0) is 14.2. The molecule has 3 saturated heterocycles. The second-order valence-corrected chi connectivity index (χ2v) is 7.29. The first-order valence-electron chi connectivity index (χ1n) is 8.83. The Kier molecular flexibility index (Phi) is 3.76. The van der Waals surface area contributed by atoms with Gasteiger partial charge in [0, 0.05) is 36.9 Å². The van der Waals surface area contributed by atoms with Crippen molar-refractivity contribution < 1.29 is 0 Å². The first-order valence-corrected chi connectivity index (χ1v) is 8.83. The third kappa shape index (κ3) is 2.64. The molecule has 116 valence electrons. The molecule has 21 heavy (non-hydrogen) atoms. The van der Waals surface area contributed by atoms with Crippen LogP contribution < -0.4 is 5.32 Å². The Morgan fingerprint density at radius 2 is 2.05 bits per heavy atom. The molecule has 0 radical (unpaired) electrons. The van der Waals surface area contributed by atoms with Crippen LogP contribution in [0, 0.1) is 0 Å². The zero-order valence-electron chi connectivity index (χ0n) is 13.2. The summed E-state index contributed by atoms with van der Waals surface area (Å²) in [7, 11) is 0. The Morgan fingerprint density at radius 3 is 2.95 bits per heavy atom. The lowest BCUT2D eigenvalue weighted by atomic mass is 9.94. The smallest absolute Gasteiger partial charge is 0.0951 e. The van der Waals surface area contributed by atoms with E-state index in [9.17, 15) is 0 Å². The third-order valence-corrected chi connectivity index (χ3v) is 5.85. The summed E-state index contributed by atoms with van der Waals surface area (Å²) in [5.41, 5.74) is 1.43. The normalized spacial score (nSPS) is 37.6. The Labute approximate surface area is 127 Å². The van der Waals surface area contributed by atoms with Crippen LogP contribution in [0.3, 0.4) is 0 Å². The molecular weight excluding hydrogens is 260 g/mol. The molecule has 0 aliphatic carbocycles. The van der Waals surface area contributed by atoms with Crippen molar-refractivity contribution in [3.63, 3.8) is 0 Å². The summed E-state index contributed by atoms with van der Waals surface area (Å²) in [5.74, 6) is 0. The molecule has 3 aliphatic heterocycles. The van der Waals surface area contributed by atoms with Crippen molar-refractivity contribution in [2.75, 3.05) is 13.1 Å². The minimum atomic E-state index is 0.512. The van der Waals surface area contributed by atoms with E-state index in [1.165, 1.54) is 63.7 Å². The Bertz CT molecular complexity index is 483. The number of aromatic nitrogens is 2. The van der Waals surface area contributed by atoms with E-state index >= 15 is 0 Å². The van der Waals surface area contributed by atoms with Crippen molar-refractivity contribution in [1.82, 2.24) is 19.8 Å². The third-order valence-electron chi connectivity index (χ3n) is 5.85. The van der Waals surface area contributed by atoms with Crippen LogP contribution >= 0.6 is 0 Å². The van der Waals surface area contributed by atoms with Crippen LogP contribution in [0.4, 0.5) is 0 Å². The van der Waals surface area contributed by atoms with Crippen LogP contribution in [-0.2, 0) is 0 Å². The van der Waals surface area contributed by atoms with Crippen LogP contribution in [-0.4, -0.2) is 39.6 Å². The molecule has 1 N–H and O–H groups in total. The van der Waals surface area contributed by atoms with Crippen LogP contribution in [0.5, 0.6) is 0 Å². The van der Waals surface area contributed by atoms with Gasteiger partial charge in [-0.2, -0.15) is 0 Å². The van der Waals surface area contributed by atoms with Crippen molar-refractivity contribution >= 4 is 0 Å². The lowest BCUT2D eigenvalue weighted by molar-refractivity contribution is 0.152. The summed E-state index contributed by atoms with van der Waals surface area (Å²) in [6.07, 6.45) is 13.5. The number of imidazole rings is 1. The summed E-state index contributed by atoms with van der Waals surface area (Å²) in [6.45, 7) is 4.92. The van der Waals surface area contributed by atoms with Gasteiger partial charge in [-0.05, 0) is 58.4 Å². The average molecular weight is 288 g/mol. The lowest BCUT2D eigenvalue weighted by Gasteiger charge is -2.37. The monoisotopic (exact) mass is 288 g/mol. The van der Waals surface area contributed by atoms with Gasteiger partial charge in [0.1, 0.15) is 0 Å². The number of nitrogens with one attached hydrogen (secondary N) is 1. The summed E-state index contributed by atoms with van der Waals surface area (Å²) >= 11 is 0. The fourth-order valence-electron chi connectivity index (χ4n) is 4.72. The lowest BCUT2D eigenvalue weighted by Crippen LogP contribution is -2.40. The minimum Gasteiger partial charge on any atom is -0.330 e. The van der Waals surface area contributed by atoms with Crippen LogP contribution in [0.25, 0.3) is 0 Å². The largest absolute Gasteiger partial charge is 0.330 e. The van der Waals surface area contributed by atoms with Crippen molar-refractivity contribution in [1.29, 1.82) is 0 Å². The van der Waals surface area contributed by atoms with Crippen molar-refractivity contribution in [2.24, 2.45) is 0 Å². The van der Waals surface area contributed by atoms with Gasteiger partial charge in [0.25, 0.3) is 0 Å². The molecule has 3 aliphatic rings. The van der Waals surface area contributed by atoms with Gasteiger partial charge in [0.15, 0.2) is 0 Å². The highest BCUT2D eigenvalue weighted by Crippen LogP contribution is 2.35. The maximum absolute atomic E-state index is 4.49. The molecule has 4 rings (SSSR count). The van der Waals surface area contributed by atoms with E-state index in [2.05, 4.69) is 39.2 Å². The Balaban J connectivity index is 1.52. The summed E-state index contributed by atoms with van der Waals surface area (Å²) in [4.78, 5) is 7.19. The standard InChI is InChI=1S/C17H28N4/c1-13-4-2-6-16(19-13)17-11-18-12-21(17)15-7-9-20-8-3-5-14(20)10-15/h11-16,19H,2-10H2,1H3. The quantitative estimate of drug-likeness (QED) is 0.908. The highest BCUT2D eigenvalue weighted by molar-refractivity contribution is 5.09. The predicted octanol–water partition coefficient (Wildman–Crippen LogP) is 2.89. The van der Waals surface area contributed by atoms with E-state index in [0.29, 0.717) is 18.1 Å². The van der Waals surface area contributed by atoms with Gasteiger partial charge in [-0.15, -0.1) is 0 Å². The Morgan fingerprint density at radius 1 is 1.10 bits per heavy atom. The van der Waals surface area contributed by atoms with Crippen molar-refractivity contribution in [3.05, 3.63) is 18.2 Å². The molecule has 1 aromatic heterocycles. The van der Waals surface area contributed by atoms with Gasteiger partial charge in [0.2, 0.25) is 0 Å². The zero-order valence-corrected chi connectivity index (χ0v) is 13.2. The molecular formula is C17H28N4. The van der Waals surface area contributed by atoms with Gasteiger partial charge >= 0.3 is 0 Å². The molecule has 4 atom stereocenters. The summed E-state index contributed by atoms with van der Waals surface area (Å²) in [5, 5.41) is 3.77. The van der Waals surface area contributed by atoms with Crippen LogP contribution in [0.2, 0.25) is 0 Å². The van der Waals surface area contributed by atoms with E-state index in [1.54, 1.807) is 0 Å². The number of hydrogen-bond donors (Lipinski definition) is 1. The van der Waals surface area contributed by atoms with Gasteiger partial charge in [-0.3, -0.25) is 0 Å². The first-order chi connectivity index (χ1) is 10.3. The minimum absolute atomic E-state index is 0.512. The highest BCUT2D eigenvalue weighted by atomic mass is 15.2. The number of piperidine rings is 2. The van der Waals surface area contributed by atoms with Gasteiger partial charge in [0.05, 0.1) is 12.0 Å². The second kappa shape index (κ2) is 5.73. The fourth-order valence-corrected chi connectivity index (χ4v) is 4.72. The van der Waals surface area contributed by atoms with Gasteiger partial charge in [-0.1, -0.05) is 0 Å².